The highest BCUT2D eigenvalue weighted by molar-refractivity contribution is 6.30. The highest BCUT2D eigenvalue weighted by Crippen LogP contribution is 2.30. The van der Waals surface area contributed by atoms with Crippen molar-refractivity contribution in [3.8, 4) is 5.75 Å². The van der Waals surface area contributed by atoms with Crippen LogP contribution in [0.1, 0.15) is 22.5 Å². The largest absolute Gasteiger partial charge is 0.505 e. The van der Waals surface area contributed by atoms with Gasteiger partial charge in [0.25, 0.3) is 0 Å². The Hall–Kier alpha value is -2.06. The highest BCUT2D eigenvalue weighted by atomic mass is 35.5. The number of aryl methyl sites for hydroxylation is 2. The van der Waals surface area contributed by atoms with Gasteiger partial charge < -0.3 is 5.11 Å². The summed E-state index contributed by atoms with van der Waals surface area (Å²) in [6.07, 6.45) is 0.810. The van der Waals surface area contributed by atoms with Crippen LogP contribution < -0.4 is 0 Å². The molecule has 2 aromatic carbocycles. The van der Waals surface area contributed by atoms with Gasteiger partial charge in [0.15, 0.2) is 0 Å². The van der Waals surface area contributed by atoms with Crippen molar-refractivity contribution in [1.29, 1.82) is 0 Å². The standard InChI is InChI=1S/C18H16ClNO/c1-11-17-10-14(8-13-4-3-5-15(19)9-13)6-7-16(17)18(21)12(2)20-11/h3-7,9-10,21H,8H2,1-2H3. The molecule has 0 saturated carbocycles. The monoisotopic (exact) mass is 297 g/mol. The predicted octanol–water partition coefficient (Wildman–Crippen LogP) is 4.80. The average molecular weight is 298 g/mol. The smallest absolute Gasteiger partial charge is 0.144 e. The van der Waals surface area contributed by atoms with Crippen LogP contribution in [0, 0.1) is 13.8 Å². The maximum Gasteiger partial charge on any atom is 0.144 e. The number of hydrogen-bond acceptors (Lipinski definition) is 2. The van der Waals surface area contributed by atoms with Gasteiger partial charge in [0.1, 0.15) is 5.75 Å². The fraction of sp³-hybridized carbons (Fsp3) is 0.167. The number of pyridine rings is 1. The molecule has 0 atom stereocenters. The van der Waals surface area contributed by atoms with E-state index < -0.39 is 0 Å². The first kappa shape index (κ1) is 13.9. The second-order valence-corrected chi connectivity index (χ2v) is 5.75. The molecular formula is C18H16ClNO. The molecule has 3 heteroatoms. The van der Waals surface area contributed by atoms with Gasteiger partial charge in [0.2, 0.25) is 0 Å². The minimum atomic E-state index is 0.268. The van der Waals surface area contributed by atoms with Gasteiger partial charge in [-0.2, -0.15) is 0 Å². The predicted molar refractivity (Wildman–Crippen MR) is 87.1 cm³/mol. The Morgan fingerprint density at radius 1 is 0.952 bits per heavy atom. The lowest BCUT2D eigenvalue weighted by Crippen LogP contribution is -1.93. The third kappa shape index (κ3) is 2.72. The Labute approximate surface area is 129 Å². The van der Waals surface area contributed by atoms with Crippen LogP contribution in [0.5, 0.6) is 5.75 Å². The van der Waals surface area contributed by atoms with E-state index in [-0.39, 0.29) is 5.75 Å². The molecular weight excluding hydrogens is 282 g/mol. The van der Waals surface area contributed by atoms with Gasteiger partial charge in [0.05, 0.1) is 5.69 Å². The van der Waals surface area contributed by atoms with E-state index in [0.717, 1.165) is 27.9 Å². The SMILES string of the molecule is Cc1nc(C)c2cc(Cc3cccc(Cl)c3)ccc2c1O. The zero-order valence-electron chi connectivity index (χ0n) is 12.0. The molecule has 0 aliphatic carbocycles. The Kier molecular flexibility index (Phi) is 3.56. The van der Waals surface area contributed by atoms with E-state index in [2.05, 4.69) is 17.1 Å². The molecule has 0 unspecified atom stereocenters. The number of hydrogen-bond donors (Lipinski definition) is 1. The molecule has 3 rings (SSSR count). The van der Waals surface area contributed by atoms with Crippen LogP contribution in [0.25, 0.3) is 10.8 Å². The summed E-state index contributed by atoms with van der Waals surface area (Å²) in [4.78, 5) is 4.39. The van der Waals surface area contributed by atoms with Crippen molar-refractivity contribution in [3.05, 3.63) is 70.0 Å². The number of aromatic hydroxyl groups is 1. The highest BCUT2D eigenvalue weighted by Gasteiger charge is 2.09. The van der Waals surface area contributed by atoms with E-state index in [0.29, 0.717) is 5.69 Å². The molecule has 0 bridgehead atoms. The summed E-state index contributed by atoms with van der Waals surface area (Å²) in [7, 11) is 0. The van der Waals surface area contributed by atoms with Crippen molar-refractivity contribution in [1.82, 2.24) is 4.98 Å². The molecule has 0 aliphatic rings. The summed E-state index contributed by atoms with van der Waals surface area (Å²) in [5, 5.41) is 12.7. The Bertz CT molecular complexity index is 827. The lowest BCUT2D eigenvalue weighted by atomic mass is 10.00. The molecule has 1 aromatic heterocycles. The van der Waals surface area contributed by atoms with E-state index in [9.17, 15) is 5.11 Å². The van der Waals surface area contributed by atoms with Gasteiger partial charge in [-0.3, -0.25) is 4.98 Å². The fourth-order valence-electron chi connectivity index (χ4n) is 2.65. The van der Waals surface area contributed by atoms with Crippen molar-refractivity contribution < 1.29 is 5.11 Å². The first-order valence-electron chi connectivity index (χ1n) is 6.88. The summed E-state index contributed by atoms with van der Waals surface area (Å²) in [6, 6.07) is 14.0. The topological polar surface area (TPSA) is 33.1 Å². The van der Waals surface area contributed by atoms with Crippen LogP contribution in [-0.2, 0) is 6.42 Å². The summed E-state index contributed by atoms with van der Waals surface area (Å²) >= 11 is 6.03. The lowest BCUT2D eigenvalue weighted by molar-refractivity contribution is 0.474. The van der Waals surface area contributed by atoms with Gasteiger partial charge in [-0.1, -0.05) is 35.9 Å². The number of halogens is 1. The van der Waals surface area contributed by atoms with Gasteiger partial charge >= 0.3 is 0 Å². The minimum Gasteiger partial charge on any atom is -0.505 e. The molecule has 3 aromatic rings. The first-order chi connectivity index (χ1) is 10.0. The average Bonchev–Trinajstić information content (AvgIpc) is 2.45. The van der Waals surface area contributed by atoms with E-state index >= 15 is 0 Å². The normalized spacial score (nSPS) is 11.0. The summed E-state index contributed by atoms with van der Waals surface area (Å²) < 4.78 is 0. The first-order valence-corrected chi connectivity index (χ1v) is 7.25. The molecule has 2 nitrogen and oxygen atoms in total. The molecule has 21 heavy (non-hydrogen) atoms. The van der Waals surface area contributed by atoms with Crippen LogP contribution in [0.3, 0.4) is 0 Å². The summed E-state index contributed by atoms with van der Waals surface area (Å²) in [5.41, 5.74) is 3.96. The van der Waals surface area contributed by atoms with Gasteiger partial charge in [-0.05, 0) is 49.6 Å². The zero-order chi connectivity index (χ0) is 15.0. The Morgan fingerprint density at radius 3 is 2.48 bits per heavy atom. The van der Waals surface area contributed by atoms with Crippen LogP contribution in [-0.4, -0.2) is 10.1 Å². The third-order valence-corrected chi connectivity index (χ3v) is 3.94. The molecule has 1 N–H and O–H groups in total. The molecule has 1 heterocycles. The van der Waals surface area contributed by atoms with E-state index in [1.165, 1.54) is 11.1 Å². The molecule has 106 valence electrons. The second kappa shape index (κ2) is 5.38. The Balaban J connectivity index is 2.05. The van der Waals surface area contributed by atoms with Gasteiger partial charge in [0, 0.05) is 21.5 Å². The third-order valence-electron chi connectivity index (χ3n) is 3.70. The number of rotatable bonds is 2. The molecule has 0 aliphatic heterocycles. The van der Waals surface area contributed by atoms with Crippen LogP contribution in [0.4, 0.5) is 0 Å². The van der Waals surface area contributed by atoms with Crippen molar-refractivity contribution >= 4 is 22.4 Å². The summed E-state index contributed by atoms with van der Waals surface area (Å²) in [6.45, 7) is 3.79. The van der Waals surface area contributed by atoms with E-state index in [1.54, 1.807) is 0 Å². The lowest BCUT2D eigenvalue weighted by Gasteiger charge is -2.09. The molecule has 0 fully saturated rings. The van der Waals surface area contributed by atoms with Crippen molar-refractivity contribution in [2.45, 2.75) is 20.3 Å². The van der Waals surface area contributed by atoms with Gasteiger partial charge in [-0.15, -0.1) is 0 Å². The number of aromatic nitrogens is 1. The van der Waals surface area contributed by atoms with Crippen molar-refractivity contribution in [2.75, 3.05) is 0 Å². The molecule has 0 spiro atoms. The number of fused-ring (bicyclic) bond motifs is 1. The number of nitrogens with zero attached hydrogens (tertiary/aromatic N) is 1. The molecule has 0 radical (unpaired) electrons. The second-order valence-electron chi connectivity index (χ2n) is 5.32. The quantitative estimate of drug-likeness (QED) is 0.737. The van der Waals surface area contributed by atoms with E-state index in [1.807, 2.05) is 44.2 Å². The summed E-state index contributed by atoms with van der Waals surface area (Å²) in [5.74, 6) is 0.268. The maximum atomic E-state index is 10.1. The number of benzene rings is 2. The van der Waals surface area contributed by atoms with Gasteiger partial charge in [-0.25, -0.2) is 0 Å². The minimum absolute atomic E-state index is 0.268. The fourth-order valence-corrected chi connectivity index (χ4v) is 2.86. The van der Waals surface area contributed by atoms with Crippen LogP contribution in [0.15, 0.2) is 42.5 Å². The van der Waals surface area contributed by atoms with Crippen molar-refractivity contribution in [2.24, 2.45) is 0 Å². The Morgan fingerprint density at radius 2 is 1.71 bits per heavy atom. The van der Waals surface area contributed by atoms with Crippen LogP contribution >= 0.6 is 11.6 Å². The van der Waals surface area contributed by atoms with Crippen molar-refractivity contribution in [3.63, 3.8) is 0 Å². The maximum absolute atomic E-state index is 10.1. The molecule has 0 saturated heterocycles. The zero-order valence-corrected chi connectivity index (χ0v) is 12.8. The van der Waals surface area contributed by atoms with Crippen LogP contribution in [0.2, 0.25) is 5.02 Å². The molecule has 0 amide bonds. The van der Waals surface area contributed by atoms with E-state index in [4.69, 9.17) is 11.6 Å².